The smallest absolute Gasteiger partial charge is 0.181 e. The van der Waals surface area contributed by atoms with Crippen molar-refractivity contribution in [3.8, 4) is 0 Å². The summed E-state index contributed by atoms with van der Waals surface area (Å²) in [5.41, 5.74) is 9.70. The van der Waals surface area contributed by atoms with Gasteiger partial charge in [0.2, 0.25) is 0 Å². The van der Waals surface area contributed by atoms with Crippen LogP contribution in [-0.2, 0) is 6.54 Å². The van der Waals surface area contributed by atoms with Crippen LogP contribution in [0.3, 0.4) is 0 Å². The summed E-state index contributed by atoms with van der Waals surface area (Å²) in [5, 5.41) is 0.603. The zero-order valence-corrected chi connectivity index (χ0v) is 13.8. The summed E-state index contributed by atoms with van der Waals surface area (Å²) in [6.45, 7) is 0.734. The fourth-order valence-electron chi connectivity index (χ4n) is 2.32. The largest absolute Gasteiger partial charge is 0.375 e. The second kappa shape index (κ2) is 4.92. The van der Waals surface area contributed by atoms with E-state index in [1.54, 1.807) is 0 Å². The van der Waals surface area contributed by atoms with Crippen molar-refractivity contribution in [1.29, 1.82) is 0 Å². The highest BCUT2D eigenvalue weighted by atomic mass is 127. The minimum atomic E-state index is 0.603. The Bertz CT molecular complexity index is 958. The van der Waals surface area contributed by atoms with Crippen molar-refractivity contribution in [3.63, 3.8) is 0 Å². The molecule has 7 heteroatoms. The Morgan fingerprint density at radius 1 is 1.19 bits per heavy atom. The standard InChI is InChI=1S/C14H10IN5S/c15-9-4-11-13(17-5-9)20(7-18-11)6-8-1-2-10-12(3-8)21-14(16)19-10/h1-5,7H,6H2,(H2,16,19). The number of fused-ring (bicyclic) bond motifs is 2. The topological polar surface area (TPSA) is 69.6 Å². The Balaban J connectivity index is 1.75. The second-order valence-corrected chi connectivity index (χ2v) is 7.03. The summed E-state index contributed by atoms with van der Waals surface area (Å²) in [4.78, 5) is 13.1. The third-order valence-electron chi connectivity index (χ3n) is 3.24. The van der Waals surface area contributed by atoms with E-state index in [0.717, 1.165) is 31.5 Å². The number of benzene rings is 1. The van der Waals surface area contributed by atoms with Gasteiger partial charge >= 0.3 is 0 Å². The van der Waals surface area contributed by atoms with Gasteiger partial charge in [-0.1, -0.05) is 17.4 Å². The molecule has 0 saturated carbocycles. The van der Waals surface area contributed by atoms with Crippen LogP contribution in [0.15, 0.2) is 36.8 Å². The second-order valence-electron chi connectivity index (χ2n) is 4.72. The molecule has 0 radical (unpaired) electrons. The van der Waals surface area contributed by atoms with E-state index in [2.05, 4.69) is 54.2 Å². The number of thiazole rings is 1. The average molecular weight is 407 g/mol. The minimum absolute atomic E-state index is 0.603. The van der Waals surface area contributed by atoms with Crippen LogP contribution in [-0.4, -0.2) is 19.5 Å². The van der Waals surface area contributed by atoms with Gasteiger partial charge in [-0.05, 0) is 46.4 Å². The van der Waals surface area contributed by atoms with Crippen molar-refractivity contribution in [2.45, 2.75) is 6.54 Å². The first kappa shape index (κ1) is 13.0. The first-order valence-corrected chi connectivity index (χ1v) is 8.20. The summed E-state index contributed by atoms with van der Waals surface area (Å²) in [6, 6.07) is 8.24. The quantitative estimate of drug-likeness (QED) is 0.518. The number of hydrogen-bond donors (Lipinski definition) is 1. The van der Waals surface area contributed by atoms with Gasteiger partial charge in [-0.2, -0.15) is 0 Å². The number of nitrogens with zero attached hydrogens (tertiary/aromatic N) is 4. The van der Waals surface area contributed by atoms with E-state index in [1.165, 1.54) is 16.9 Å². The van der Waals surface area contributed by atoms with E-state index in [1.807, 2.05) is 24.7 Å². The Kier molecular flexibility index (Phi) is 3.03. The zero-order chi connectivity index (χ0) is 14.4. The number of nitrogen functional groups attached to an aromatic ring is 1. The average Bonchev–Trinajstić information content (AvgIpc) is 3.01. The van der Waals surface area contributed by atoms with Crippen molar-refractivity contribution in [3.05, 3.63) is 45.9 Å². The number of hydrogen-bond acceptors (Lipinski definition) is 5. The molecule has 104 valence electrons. The summed E-state index contributed by atoms with van der Waals surface area (Å²) in [6.07, 6.45) is 3.69. The molecule has 3 heterocycles. The zero-order valence-electron chi connectivity index (χ0n) is 10.8. The maximum atomic E-state index is 5.75. The SMILES string of the molecule is Nc1nc2ccc(Cn3cnc4cc(I)cnc43)cc2s1. The van der Waals surface area contributed by atoms with Crippen LogP contribution in [0.25, 0.3) is 21.4 Å². The van der Waals surface area contributed by atoms with Crippen LogP contribution in [0.4, 0.5) is 5.13 Å². The highest BCUT2D eigenvalue weighted by Crippen LogP contribution is 2.25. The van der Waals surface area contributed by atoms with E-state index in [4.69, 9.17) is 5.73 Å². The molecule has 0 aliphatic heterocycles. The van der Waals surface area contributed by atoms with Gasteiger partial charge in [0.25, 0.3) is 0 Å². The van der Waals surface area contributed by atoms with Crippen molar-refractivity contribution in [2.24, 2.45) is 0 Å². The number of anilines is 1. The molecule has 0 spiro atoms. The van der Waals surface area contributed by atoms with Crippen molar-refractivity contribution >= 4 is 60.4 Å². The van der Waals surface area contributed by atoms with Crippen LogP contribution in [0.2, 0.25) is 0 Å². The Morgan fingerprint density at radius 3 is 3.00 bits per heavy atom. The highest BCUT2D eigenvalue weighted by Gasteiger charge is 2.07. The fourth-order valence-corrected chi connectivity index (χ4v) is 3.55. The number of halogens is 1. The summed E-state index contributed by atoms with van der Waals surface area (Å²) < 4.78 is 4.25. The third-order valence-corrected chi connectivity index (χ3v) is 4.68. The molecule has 0 unspecified atom stereocenters. The highest BCUT2D eigenvalue weighted by molar-refractivity contribution is 14.1. The third kappa shape index (κ3) is 2.36. The lowest BCUT2D eigenvalue weighted by Crippen LogP contribution is -1.99. The number of pyridine rings is 1. The predicted octanol–water partition coefficient (Wildman–Crippen LogP) is 3.28. The molecule has 4 rings (SSSR count). The van der Waals surface area contributed by atoms with E-state index < -0.39 is 0 Å². The van der Waals surface area contributed by atoms with E-state index >= 15 is 0 Å². The lowest BCUT2D eigenvalue weighted by Gasteiger charge is -2.04. The van der Waals surface area contributed by atoms with Crippen LogP contribution in [0.5, 0.6) is 0 Å². The molecule has 0 fully saturated rings. The fraction of sp³-hybridized carbons (Fsp3) is 0.0714. The van der Waals surface area contributed by atoms with Crippen LogP contribution in [0.1, 0.15) is 5.56 Å². The maximum Gasteiger partial charge on any atom is 0.181 e. The normalized spacial score (nSPS) is 11.5. The monoisotopic (exact) mass is 407 g/mol. The molecule has 2 N–H and O–H groups in total. The van der Waals surface area contributed by atoms with Crippen LogP contribution >= 0.6 is 33.9 Å². The molecule has 0 atom stereocenters. The molecule has 0 amide bonds. The summed E-state index contributed by atoms with van der Waals surface area (Å²) in [7, 11) is 0. The first-order valence-electron chi connectivity index (χ1n) is 6.30. The lowest BCUT2D eigenvalue weighted by molar-refractivity contribution is 0.815. The van der Waals surface area contributed by atoms with Gasteiger partial charge in [0.15, 0.2) is 10.8 Å². The summed E-state index contributed by atoms with van der Waals surface area (Å²) in [5.74, 6) is 0. The van der Waals surface area contributed by atoms with Gasteiger partial charge in [-0.25, -0.2) is 15.0 Å². The molecular weight excluding hydrogens is 397 g/mol. The molecular formula is C14H10IN5S. The number of aromatic nitrogens is 4. The maximum absolute atomic E-state index is 5.75. The van der Waals surface area contributed by atoms with E-state index in [0.29, 0.717) is 5.13 Å². The molecule has 0 bridgehead atoms. The van der Waals surface area contributed by atoms with Gasteiger partial charge < -0.3 is 10.3 Å². The van der Waals surface area contributed by atoms with Gasteiger partial charge in [0.05, 0.1) is 23.1 Å². The van der Waals surface area contributed by atoms with E-state index in [-0.39, 0.29) is 0 Å². The Labute approximate surface area is 138 Å². The lowest BCUT2D eigenvalue weighted by atomic mass is 10.2. The van der Waals surface area contributed by atoms with Crippen molar-refractivity contribution in [1.82, 2.24) is 19.5 Å². The Morgan fingerprint density at radius 2 is 2.10 bits per heavy atom. The molecule has 3 aromatic heterocycles. The Hall–Kier alpha value is -1.74. The molecule has 5 nitrogen and oxygen atoms in total. The van der Waals surface area contributed by atoms with Gasteiger partial charge in [0, 0.05) is 9.77 Å². The number of rotatable bonds is 2. The molecule has 1 aromatic carbocycles. The number of nitrogens with two attached hydrogens (primary N) is 1. The first-order chi connectivity index (χ1) is 10.2. The van der Waals surface area contributed by atoms with Crippen LogP contribution in [0, 0.1) is 3.57 Å². The molecule has 21 heavy (non-hydrogen) atoms. The van der Waals surface area contributed by atoms with Gasteiger partial charge in [-0.15, -0.1) is 0 Å². The van der Waals surface area contributed by atoms with Gasteiger partial charge in [0.1, 0.15) is 5.52 Å². The van der Waals surface area contributed by atoms with Gasteiger partial charge in [-0.3, -0.25) is 0 Å². The predicted molar refractivity (Wildman–Crippen MR) is 93.4 cm³/mol. The molecule has 0 aliphatic rings. The minimum Gasteiger partial charge on any atom is -0.375 e. The molecule has 0 saturated heterocycles. The summed E-state index contributed by atoms with van der Waals surface area (Å²) >= 11 is 3.75. The van der Waals surface area contributed by atoms with E-state index in [9.17, 15) is 0 Å². The molecule has 4 aromatic rings. The van der Waals surface area contributed by atoms with Crippen molar-refractivity contribution < 1.29 is 0 Å². The van der Waals surface area contributed by atoms with Crippen LogP contribution < -0.4 is 5.73 Å². The van der Waals surface area contributed by atoms with Crippen molar-refractivity contribution in [2.75, 3.05) is 5.73 Å². The number of imidazole rings is 1. The molecule has 0 aliphatic carbocycles.